The van der Waals surface area contributed by atoms with Crippen LogP contribution in [0.4, 0.5) is 5.69 Å². The summed E-state index contributed by atoms with van der Waals surface area (Å²) in [6.45, 7) is 5.71. The number of carbonyl (C=O) groups is 2. The molecule has 0 aliphatic carbocycles. The second kappa shape index (κ2) is 12.1. The van der Waals surface area contributed by atoms with Crippen molar-refractivity contribution >= 4 is 35.4 Å². The Balaban J connectivity index is 0.00000254. The summed E-state index contributed by atoms with van der Waals surface area (Å²) in [5.74, 6) is -0.975. The molecule has 1 atom stereocenters. The minimum atomic E-state index is -0.504. The molecule has 0 spiro atoms. The lowest BCUT2D eigenvalue weighted by Gasteiger charge is -2.07. The highest BCUT2D eigenvalue weighted by atomic mass is 35.5. The summed E-state index contributed by atoms with van der Waals surface area (Å²) in [7, 11) is 1.27. The summed E-state index contributed by atoms with van der Waals surface area (Å²) in [6.07, 6.45) is 2.05. The molecule has 6 nitrogen and oxygen atoms in total. The SMILES string of the molecule is CC.COC(=O)c1ccc(NC(=O)CN=CCC(C)C#N)c(Cl)c1. The van der Waals surface area contributed by atoms with Gasteiger partial charge in [-0.25, -0.2) is 4.79 Å². The summed E-state index contributed by atoms with van der Waals surface area (Å²) < 4.78 is 4.58. The first-order valence-electron chi connectivity index (χ1n) is 7.53. The molecule has 0 heterocycles. The van der Waals surface area contributed by atoms with E-state index in [1.807, 2.05) is 13.8 Å². The van der Waals surface area contributed by atoms with Crippen molar-refractivity contribution in [3.8, 4) is 6.07 Å². The molecule has 1 N–H and O–H groups in total. The fraction of sp³-hybridized carbons (Fsp3) is 0.412. The van der Waals surface area contributed by atoms with Gasteiger partial charge in [0.05, 0.1) is 29.5 Å². The zero-order valence-electron chi connectivity index (χ0n) is 14.3. The average Bonchev–Trinajstić information content (AvgIpc) is 2.61. The topological polar surface area (TPSA) is 91.5 Å². The summed E-state index contributed by atoms with van der Waals surface area (Å²) >= 11 is 6.00. The van der Waals surface area contributed by atoms with Crippen LogP contribution in [0.3, 0.4) is 0 Å². The lowest BCUT2D eigenvalue weighted by Crippen LogP contribution is -2.15. The number of rotatable bonds is 6. The molecular weight excluding hydrogens is 330 g/mol. The van der Waals surface area contributed by atoms with Gasteiger partial charge in [0.2, 0.25) is 5.91 Å². The zero-order chi connectivity index (χ0) is 18.5. The molecule has 24 heavy (non-hydrogen) atoms. The number of ether oxygens (including phenoxy) is 1. The Bertz CT molecular complexity index is 624. The normalized spacial score (nSPS) is 11.0. The van der Waals surface area contributed by atoms with E-state index in [1.165, 1.54) is 25.3 Å². The number of esters is 1. The third-order valence-electron chi connectivity index (χ3n) is 2.71. The Hall–Kier alpha value is -2.39. The molecule has 0 saturated carbocycles. The van der Waals surface area contributed by atoms with Crippen LogP contribution < -0.4 is 5.32 Å². The largest absolute Gasteiger partial charge is 0.465 e. The van der Waals surface area contributed by atoms with Gasteiger partial charge in [0.25, 0.3) is 0 Å². The summed E-state index contributed by atoms with van der Waals surface area (Å²) in [6, 6.07) is 6.52. The highest BCUT2D eigenvalue weighted by Crippen LogP contribution is 2.23. The van der Waals surface area contributed by atoms with Crippen LogP contribution in [0, 0.1) is 17.2 Å². The van der Waals surface area contributed by atoms with Crippen LogP contribution in [-0.2, 0) is 9.53 Å². The van der Waals surface area contributed by atoms with Crippen LogP contribution in [0.5, 0.6) is 0 Å². The molecule has 0 saturated heterocycles. The number of hydrogen-bond acceptors (Lipinski definition) is 5. The van der Waals surface area contributed by atoms with Gasteiger partial charge in [-0.1, -0.05) is 25.4 Å². The van der Waals surface area contributed by atoms with Crippen LogP contribution in [0.15, 0.2) is 23.2 Å². The number of hydrogen-bond donors (Lipinski definition) is 1. The minimum absolute atomic E-state index is 0.0623. The third kappa shape index (κ3) is 7.75. The molecule has 7 heteroatoms. The number of nitrogens with one attached hydrogen (secondary N) is 1. The maximum absolute atomic E-state index is 11.7. The maximum atomic E-state index is 11.7. The van der Waals surface area contributed by atoms with Crippen LogP contribution >= 0.6 is 11.6 Å². The Kier molecular flexibility index (Phi) is 10.9. The average molecular weight is 352 g/mol. The van der Waals surface area contributed by atoms with Crippen molar-refractivity contribution in [2.24, 2.45) is 10.9 Å². The van der Waals surface area contributed by atoms with Gasteiger partial charge >= 0.3 is 5.97 Å². The highest BCUT2D eigenvalue weighted by molar-refractivity contribution is 6.34. The Labute approximate surface area is 147 Å². The number of benzene rings is 1. The Morgan fingerprint density at radius 2 is 2.12 bits per heavy atom. The molecule has 1 unspecified atom stereocenters. The number of aliphatic imine (C=N–C) groups is 1. The van der Waals surface area contributed by atoms with E-state index < -0.39 is 5.97 Å². The maximum Gasteiger partial charge on any atom is 0.337 e. The molecule has 1 aromatic rings. The molecule has 1 rings (SSSR count). The highest BCUT2D eigenvalue weighted by Gasteiger charge is 2.10. The van der Waals surface area contributed by atoms with E-state index in [-0.39, 0.29) is 23.4 Å². The second-order valence-corrected chi connectivity index (χ2v) is 4.93. The predicted molar refractivity (Wildman–Crippen MR) is 95.5 cm³/mol. The first-order valence-corrected chi connectivity index (χ1v) is 7.91. The number of halogens is 1. The molecule has 0 aliphatic rings. The van der Waals surface area contributed by atoms with E-state index in [4.69, 9.17) is 16.9 Å². The number of anilines is 1. The fourth-order valence-corrected chi connectivity index (χ4v) is 1.71. The minimum Gasteiger partial charge on any atom is -0.465 e. The van der Waals surface area contributed by atoms with E-state index in [0.29, 0.717) is 17.7 Å². The molecule has 1 amide bonds. The Morgan fingerprint density at radius 3 is 2.67 bits per heavy atom. The first-order chi connectivity index (χ1) is 11.5. The van der Waals surface area contributed by atoms with Crippen LogP contribution in [0.2, 0.25) is 5.02 Å². The number of methoxy groups -OCH3 is 1. The van der Waals surface area contributed by atoms with Crippen LogP contribution in [0.25, 0.3) is 0 Å². The predicted octanol–water partition coefficient (Wildman–Crippen LogP) is 3.71. The Morgan fingerprint density at radius 1 is 1.46 bits per heavy atom. The van der Waals surface area contributed by atoms with Crippen molar-refractivity contribution in [2.45, 2.75) is 27.2 Å². The van der Waals surface area contributed by atoms with Gasteiger partial charge in [-0.2, -0.15) is 5.26 Å². The van der Waals surface area contributed by atoms with Crippen LogP contribution in [-0.4, -0.2) is 31.7 Å². The second-order valence-electron chi connectivity index (χ2n) is 4.52. The van der Waals surface area contributed by atoms with Gasteiger partial charge in [-0.05, 0) is 31.5 Å². The van der Waals surface area contributed by atoms with E-state index in [2.05, 4.69) is 21.1 Å². The summed E-state index contributed by atoms with van der Waals surface area (Å²) in [4.78, 5) is 27.0. The fourth-order valence-electron chi connectivity index (χ4n) is 1.48. The molecule has 0 aliphatic heterocycles. The van der Waals surface area contributed by atoms with Gasteiger partial charge < -0.3 is 10.1 Å². The number of carbonyl (C=O) groups excluding carboxylic acids is 2. The molecular formula is C17H22ClN3O3. The molecule has 0 bridgehead atoms. The quantitative estimate of drug-likeness (QED) is 0.624. The standard InChI is InChI=1S/C15H16ClN3O3.C2H6/c1-10(8-17)5-6-18-9-14(20)19-13-4-3-11(7-12(13)16)15(21)22-2;1-2/h3-4,6-7,10H,5,9H2,1-2H3,(H,19,20);1-2H3. The number of nitriles is 1. The van der Waals surface area contributed by atoms with Crippen molar-refractivity contribution in [1.29, 1.82) is 5.26 Å². The van der Waals surface area contributed by atoms with Crippen molar-refractivity contribution in [3.63, 3.8) is 0 Å². The molecule has 0 radical (unpaired) electrons. The third-order valence-corrected chi connectivity index (χ3v) is 3.02. The van der Waals surface area contributed by atoms with Crippen molar-refractivity contribution in [1.82, 2.24) is 0 Å². The molecule has 130 valence electrons. The number of amides is 1. The lowest BCUT2D eigenvalue weighted by atomic mass is 10.1. The van der Waals surface area contributed by atoms with Gasteiger partial charge in [-0.15, -0.1) is 0 Å². The monoisotopic (exact) mass is 351 g/mol. The van der Waals surface area contributed by atoms with Gasteiger partial charge in [-0.3, -0.25) is 9.79 Å². The smallest absolute Gasteiger partial charge is 0.337 e. The van der Waals surface area contributed by atoms with Crippen molar-refractivity contribution in [3.05, 3.63) is 28.8 Å². The molecule has 1 aromatic carbocycles. The van der Waals surface area contributed by atoms with E-state index in [0.717, 1.165) is 0 Å². The van der Waals surface area contributed by atoms with Crippen molar-refractivity contribution in [2.75, 3.05) is 19.0 Å². The van der Waals surface area contributed by atoms with Gasteiger partial charge in [0.15, 0.2) is 0 Å². The van der Waals surface area contributed by atoms with E-state index in [9.17, 15) is 9.59 Å². The zero-order valence-corrected chi connectivity index (χ0v) is 15.1. The van der Waals surface area contributed by atoms with Gasteiger partial charge in [0.1, 0.15) is 6.54 Å². The van der Waals surface area contributed by atoms with Crippen LogP contribution in [0.1, 0.15) is 37.6 Å². The van der Waals surface area contributed by atoms with Crippen molar-refractivity contribution < 1.29 is 14.3 Å². The van der Waals surface area contributed by atoms with E-state index >= 15 is 0 Å². The lowest BCUT2D eigenvalue weighted by molar-refractivity contribution is -0.114. The van der Waals surface area contributed by atoms with Gasteiger partial charge in [0, 0.05) is 12.1 Å². The summed E-state index contributed by atoms with van der Waals surface area (Å²) in [5, 5.41) is 11.4. The first kappa shape index (κ1) is 21.6. The molecule has 0 aromatic heterocycles. The molecule has 0 fully saturated rings. The van der Waals surface area contributed by atoms with E-state index in [1.54, 1.807) is 13.1 Å². The summed E-state index contributed by atoms with van der Waals surface area (Å²) in [5.41, 5.74) is 0.689. The number of nitrogens with zero attached hydrogens (tertiary/aromatic N) is 2.